The van der Waals surface area contributed by atoms with Crippen LogP contribution in [0.1, 0.15) is 5.56 Å². The summed E-state index contributed by atoms with van der Waals surface area (Å²) >= 11 is 0. The largest absolute Gasteiger partial charge is 0.492 e. The van der Waals surface area contributed by atoms with Gasteiger partial charge in [0.2, 0.25) is 0 Å². The Kier molecular flexibility index (Phi) is 6.61. The number of rotatable bonds is 2. The van der Waals surface area contributed by atoms with Crippen LogP contribution in [-0.4, -0.2) is 45.9 Å². The molecule has 2 heterocycles. The standard InChI is InChI=1S/C22H20N2O3S.Cl2O2S/c1-23-12-13-27-22-9-8-21-19(20(22)15-23)10-11-24(21)28(25,26)18-7-6-16-4-2-3-5-17(16)14-18;1-5(2,3)4/h2-11,14H,12-13,15H2,1H3;. The van der Waals surface area contributed by atoms with Gasteiger partial charge in [-0.15, -0.1) is 0 Å². The van der Waals surface area contributed by atoms with Crippen molar-refractivity contribution in [3.8, 4) is 5.75 Å². The summed E-state index contributed by atoms with van der Waals surface area (Å²) in [5.41, 5.74) is 1.70. The molecule has 174 valence electrons. The number of fused-ring (bicyclic) bond motifs is 4. The van der Waals surface area contributed by atoms with Crippen LogP contribution >= 0.6 is 21.4 Å². The van der Waals surface area contributed by atoms with Crippen LogP contribution in [0, 0.1) is 0 Å². The van der Waals surface area contributed by atoms with Crippen LogP contribution in [-0.2, 0) is 24.8 Å². The molecule has 0 unspecified atom stereocenters. The van der Waals surface area contributed by atoms with Gasteiger partial charge in [-0.3, -0.25) is 4.90 Å². The lowest BCUT2D eigenvalue weighted by molar-refractivity contribution is 0.259. The molecule has 0 amide bonds. The Bertz CT molecular complexity index is 1540. The topological polar surface area (TPSA) is 85.7 Å². The zero-order chi connectivity index (χ0) is 23.8. The molecule has 1 aromatic heterocycles. The zero-order valence-corrected chi connectivity index (χ0v) is 20.6. The van der Waals surface area contributed by atoms with Gasteiger partial charge in [-0.1, -0.05) is 30.3 Å². The molecule has 0 bridgehead atoms. The highest BCUT2D eigenvalue weighted by Crippen LogP contribution is 2.33. The van der Waals surface area contributed by atoms with Crippen LogP contribution in [0.4, 0.5) is 0 Å². The van der Waals surface area contributed by atoms with Crippen molar-refractivity contribution in [2.24, 2.45) is 0 Å². The van der Waals surface area contributed by atoms with Crippen LogP contribution in [0.2, 0.25) is 0 Å². The number of benzene rings is 3. The molecule has 0 fully saturated rings. The maximum Gasteiger partial charge on any atom is 0.317 e. The summed E-state index contributed by atoms with van der Waals surface area (Å²) < 4.78 is 52.3. The fourth-order valence-electron chi connectivity index (χ4n) is 3.84. The minimum Gasteiger partial charge on any atom is -0.492 e. The van der Waals surface area contributed by atoms with Gasteiger partial charge >= 0.3 is 8.26 Å². The average molecular weight is 527 g/mol. The number of hydrogen-bond donors (Lipinski definition) is 0. The first-order valence-corrected chi connectivity index (χ1v) is 14.4. The molecule has 1 aliphatic rings. The molecule has 1 aliphatic heterocycles. The van der Waals surface area contributed by atoms with Crippen molar-refractivity contribution < 1.29 is 21.6 Å². The molecule has 11 heteroatoms. The minimum atomic E-state index is -3.72. The summed E-state index contributed by atoms with van der Waals surface area (Å²) in [6.07, 6.45) is 1.64. The van der Waals surface area contributed by atoms with Crippen LogP contribution < -0.4 is 4.74 Å². The first-order valence-electron chi connectivity index (χ1n) is 9.87. The lowest BCUT2D eigenvalue weighted by atomic mass is 10.1. The maximum atomic E-state index is 13.4. The molecular formula is C22H20Cl2N2O5S2. The Morgan fingerprint density at radius 2 is 1.61 bits per heavy atom. The summed E-state index contributed by atoms with van der Waals surface area (Å²) in [4.78, 5) is 2.47. The third-order valence-electron chi connectivity index (χ3n) is 5.34. The highest BCUT2D eigenvalue weighted by molar-refractivity contribution is 8.31. The van der Waals surface area contributed by atoms with E-state index in [1.54, 1.807) is 18.3 Å². The van der Waals surface area contributed by atoms with E-state index in [0.717, 1.165) is 40.6 Å². The molecule has 0 aliphatic carbocycles. The molecule has 5 rings (SSSR count). The number of likely N-dealkylation sites (N-methyl/N-ethyl adjacent to an activating group) is 1. The smallest absolute Gasteiger partial charge is 0.317 e. The van der Waals surface area contributed by atoms with Gasteiger partial charge in [-0.05, 0) is 48.2 Å². The van der Waals surface area contributed by atoms with Gasteiger partial charge in [0.25, 0.3) is 10.0 Å². The van der Waals surface area contributed by atoms with Crippen molar-refractivity contribution in [1.82, 2.24) is 8.87 Å². The van der Waals surface area contributed by atoms with E-state index in [9.17, 15) is 8.42 Å². The number of halogens is 2. The molecular weight excluding hydrogens is 507 g/mol. The van der Waals surface area contributed by atoms with Crippen LogP contribution in [0.15, 0.2) is 71.8 Å². The predicted molar refractivity (Wildman–Crippen MR) is 131 cm³/mol. The fraction of sp³-hybridized carbons (Fsp3) is 0.182. The van der Waals surface area contributed by atoms with E-state index in [4.69, 9.17) is 13.2 Å². The predicted octanol–water partition coefficient (Wildman–Crippen LogP) is 4.56. The normalized spacial score (nSPS) is 14.8. The SMILES string of the molecule is CN1CCOc2ccc3c(ccn3S(=O)(=O)c3ccc4ccccc4c3)c2C1.O=S(=O)(Cl)Cl. The van der Waals surface area contributed by atoms with Crippen molar-refractivity contribution in [2.45, 2.75) is 11.4 Å². The van der Waals surface area contributed by atoms with Gasteiger partial charge in [0.1, 0.15) is 12.4 Å². The Labute approximate surface area is 201 Å². The van der Waals surface area contributed by atoms with Gasteiger partial charge in [-0.2, -0.15) is 8.42 Å². The quantitative estimate of drug-likeness (QED) is 0.355. The van der Waals surface area contributed by atoms with E-state index in [0.29, 0.717) is 12.1 Å². The van der Waals surface area contributed by atoms with E-state index in [1.165, 1.54) is 3.97 Å². The van der Waals surface area contributed by atoms with Crippen molar-refractivity contribution in [3.63, 3.8) is 0 Å². The minimum absolute atomic E-state index is 0.284. The fourth-order valence-corrected chi connectivity index (χ4v) is 5.23. The summed E-state index contributed by atoms with van der Waals surface area (Å²) in [5.74, 6) is 0.831. The van der Waals surface area contributed by atoms with Crippen molar-refractivity contribution >= 4 is 61.3 Å². The Hall–Kier alpha value is -2.30. The maximum absolute atomic E-state index is 13.4. The summed E-state index contributed by atoms with van der Waals surface area (Å²) in [6, 6.07) is 18.6. The van der Waals surface area contributed by atoms with Gasteiger partial charge in [0, 0.05) is 51.6 Å². The highest BCUT2D eigenvalue weighted by Gasteiger charge is 2.23. The molecule has 4 aromatic rings. The van der Waals surface area contributed by atoms with Gasteiger partial charge in [0.15, 0.2) is 0 Å². The molecule has 0 spiro atoms. The monoisotopic (exact) mass is 526 g/mol. The van der Waals surface area contributed by atoms with Crippen LogP contribution in [0.5, 0.6) is 5.75 Å². The van der Waals surface area contributed by atoms with E-state index >= 15 is 0 Å². The second-order valence-electron chi connectivity index (χ2n) is 7.57. The molecule has 33 heavy (non-hydrogen) atoms. The second kappa shape index (κ2) is 9.15. The zero-order valence-electron chi connectivity index (χ0n) is 17.5. The molecule has 0 atom stereocenters. The van der Waals surface area contributed by atoms with Gasteiger partial charge in [0.05, 0.1) is 10.4 Å². The van der Waals surface area contributed by atoms with E-state index in [2.05, 4.69) is 26.3 Å². The number of nitrogens with zero attached hydrogens (tertiary/aromatic N) is 2. The van der Waals surface area contributed by atoms with E-state index in [-0.39, 0.29) is 4.90 Å². The Morgan fingerprint density at radius 3 is 2.33 bits per heavy atom. The first-order chi connectivity index (χ1) is 15.5. The van der Waals surface area contributed by atoms with Crippen molar-refractivity contribution in [2.75, 3.05) is 20.2 Å². The van der Waals surface area contributed by atoms with Gasteiger partial charge in [-0.25, -0.2) is 12.4 Å². The summed E-state index contributed by atoms with van der Waals surface area (Å²) in [7, 11) is 3.15. The number of ether oxygens (including phenoxy) is 1. The van der Waals surface area contributed by atoms with E-state index < -0.39 is 18.3 Å². The van der Waals surface area contributed by atoms with Crippen molar-refractivity contribution in [3.05, 3.63) is 72.4 Å². The molecule has 3 aromatic carbocycles. The number of hydrogen-bond acceptors (Lipinski definition) is 6. The first kappa shape index (κ1) is 23.8. The molecule has 7 nitrogen and oxygen atoms in total. The molecule has 0 saturated carbocycles. The third kappa shape index (κ3) is 5.28. The number of aromatic nitrogens is 1. The third-order valence-corrected chi connectivity index (χ3v) is 7.03. The molecule has 0 saturated heterocycles. The Morgan fingerprint density at radius 1 is 0.909 bits per heavy atom. The highest BCUT2D eigenvalue weighted by atomic mass is 36.0. The molecule has 0 radical (unpaired) electrons. The summed E-state index contributed by atoms with van der Waals surface area (Å²) in [6.45, 7) is 2.20. The average Bonchev–Trinajstić information content (AvgIpc) is 3.10. The molecule has 0 N–H and O–H groups in total. The van der Waals surface area contributed by atoms with Gasteiger partial charge < -0.3 is 4.74 Å². The Balaban J connectivity index is 0.000000471. The lowest BCUT2D eigenvalue weighted by Crippen LogP contribution is -2.20. The summed E-state index contributed by atoms with van der Waals surface area (Å²) in [5, 5.41) is 2.84. The van der Waals surface area contributed by atoms with Crippen LogP contribution in [0.3, 0.4) is 0 Å². The second-order valence-corrected chi connectivity index (χ2v) is 13.0. The van der Waals surface area contributed by atoms with E-state index in [1.807, 2.05) is 55.6 Å². The lowest BCUT2D eigenvalue weighted by Gasteiger charge is -2.13. The van der Waals surface area contributed by atoms with Crippen molar-refractivity contribution in [1.29, 1.82) is 0 Å². The van der Waals surface area contributed by atoms with Crippen LogP contribution in [0.25, 0.3) is 21.7 Å².